The molecule has 0 atom stereocenters. The Labute approximate surface area is 84.4 Å². The lowest BCUT2D eigenvalue weighted by Crippen LogP contribution is -2.06. The Bertz CT molecular complexity index is 369. The van der Waals surface area contributed by atoms with E-state index in [9.17, 15) is 14.4 Å². The minimum absolute atomic E-state index is 0.137. The van der Waals surface area contributed by atoms with E-state index < -0.39 is 11.4 Å². The van der Waals surface area contributed by atoms with Gasteiger partial charge in [-0.3, -0.25) is 4.79 Å². The van der Waals surface area contributed by atoms with E-state index in [2.05, 4.69) is 4.74 Å². The van der Waals surface area contributed by atoms with Gasteiger partial charge in [-0.2, -0.15) is 0 Å². The number of hydrogen-bond acceptors (Lipinski definition) is 4. The summed E-state index contributed by atoms with van der Waals surface area (Å²) in [6, 6.07) is 5.43. The summed E-state index contributed by atoms with van der Waals surface area (Å²) in [4.78, 5) is 31.4. The Hall–Kier alpha value is -1.68. The Balaban J connectivity index is 2.81. The first-order valence-electron chi connectivity index (χ1n) is 3.53. The highest BCUT2D eigenvalue weighted by atomic mass is 35.5. The molecule has 0 unspecified atom stereocenters. The fourth-order valence-electron chi connectivity index (χ4n) is 0.806. The molecule has 1 aromatic carbocycles. The largest absolute Gasteiger partial charge is 0.411 e. The Morgan fingerprint density at radius 3 is 2.21 bits per heavy atom. The van der Waals surface area contributed by atoms with Crippen LogP contribution >= 0.6 is 11.6 Å². The SMILES string of the molecule is O=[C]c1ccc(C(=O)OC(=O)Cl)cc1. The maximum atomic E-state index is 11.0. The second kappa shape index (κ2) is 4.53. The van der Waals surface area contributed by atoms with Crippen LogP contribution in [0.5, 0.6) is 0 Å². The highest BCUT2D eigenvalue weighted by molar-refractivity contribution is 6.62. The summed E-state index contributed by atoms with van der Waals surface area (Å²) in [5.41, 5.74) is -0.752. The molecular formula is C9H4ClO4. The molecule has 1 aromatic rings. The molecule has 1 radical (unpaired) electrons. The summed E-state index contributed by atoms with van der Waals surface area (Å²) in [5, 5.41) is 0. The van der Waals surface area contributed by atoms with Gasteiger partial charge in [-0.15, -0.1) is 0 Å². The number of hydrogen-bond donors (Lipinski definition) is 0. The highest BCUT2D eigenvalue weighted by Gasteiger charge is 2.10. The summed E-state index contributed by atoms with van der Waals surface area (Å²) < 4.78 is 4.10. The zero-order valence-corrected chi connectivity index (χ0v) is 7.58. The molecule has 0 heterocycles. The average Bonchev–Trinajstić information content (AvgIpc) is 2.17. The molecule has 0 aromatic heterocycles. The van der Waals surface area contributed by atoms with E-state index in [0.29, 0.717) is 5.56 Å². The molecule has 0 saturated heterocycles. The van der Waals surface area contributed by atoms with Crippen molar-refractivity contribution in [3.8, 4) is 0 Å². The van der Waals surface area contributed by atoms with Crippen LogP contribution in [-0.4, -0.2) is 17.7 Å². The summed E-state index contributed by atoms with van der Waals surface area (Å²) >= 11 is 4.84. The van der Waals surface area contributed by atoms with E-state index in [0.717, 1.165) is 0 Å². The molecule has 14 heavy (non-hydrogen) atoms. The van der Waals surface area contributed by atoms with Crippen molar-refractivity contribution >= 4 is 29.3 Å². The molecule has 0 aliphatic heterocycles. The van der Waals surface area contributed by atoms with Crippen molar-refractivity contribution in [2.75, 3.05) is 0 Å². The molecule has 0 saturated carbocycles. The number of ether oxygens (including phenoxy) is 1. The van der Waals surface area contributed by atoms with E-state index in [1.54, 1.807) is 6.29 Å². The first kappa shape index (κ1) is 10.4. The minimum atomic E-state index is -1.19. The van der Waals surface area contributed by atoms with Gasteiger partial charge in [0.2, 0.25) is 6.29 Å². The molecule has 0 fully saturated rings. The molecule has 0 N–H and O–H groups in total. The van der Waals surface area contributed by atoms with Crippen molar-refractivity contribution in [1.29, 1.82) is 0 Å². The van der Waals surface area contributed by atoms with Gasteiger partial charge in [-0.05, 0) is 12.1 Å². The number of rotatable bonds is 2. The summed E-state index contributed by atoms with van der Waals surface area (Å²) in [6.07, 6.45) is 1.64. The molecule has 0 bridgehead atoms. The highest BCUT2D eigenvalue weighted by Crippen LogP contribution is 2.05. The lowest BCUT2D eigenvalue weighted by Gasteiger charge is -1.98. The van der Waals surface area contributed by atoms with E-state index in [4.69, 9.17) is 11.6 Å². The Morgan fingerprint density at radius 1 is 1.21 bits per heavy atom. The molecule has 0 aliphatic rings. The molecule has 0 aliphatic carbocycles. The van der Waals surface area contributed by atoms with Crippen LogP contribution in [0.15, 0.2) is 24.3 Å². The maximum absolute atomic E-state index is 11.0. The van der Waals surface area contributed by atoms with Crippen molar-refractivity contribution < 1.29 is 19.1 Å². The van der Waals surface area contributed by atoms with Gasteiger partial charge in [0.15, 0.2) is 0 Å². The number of esters is 1. The molecular weight excluding hydrogens is 208 g/mol. The fourth-order valence-corrected chi connectivity index (χ4v) is 0.876. The van der Waals surface area contributed by atoms with E-state index >= 15 is 0 Å². The van der Waals surface area contributed by atoms with E-state index in [1.807, 2.05) is 0 Å². The van der Waals surface area contributed by atoms with Crippen LogP contribution in [0.3, 0.4) is 0 Å². The number of carbonyl (C=O) groups is 2. The lowest BCUT2D eigenvalue weighted by atomic mass is 10.1. The number of benzene rings is 1. The second-order valence-electron chi connectivity index (χ2n) is 2.31. The van der Waals surface area contributed by atoms with Crippen molar-refractivity contribution in [1.82, 2.24) is 0 Å². The molecule has 5 heteroatoms. The average molecular weight is 212 g/mol. The van der Waals surface area contributed by atoms with Crippen LogP contribution in [0.2, 0.25) is 0 Å². The topological polar surface area (TPSA) is 60.4 Å². The van der Waals surface area contributed by atoms with Crippen LogP contribution in [0.4, 0.5) is 4.79 Å². The normalized spacial score (nSPS) is 9.21. The second-order valence-corrected chi connectivity index (χ2v) is 2.62. The van der Waals surface area contributed by atoms with Crippen molar-refractivity contribution in [3.63, 3.8) is 0 Å². The lowest BCUT2D eigenvalue weighted by molar-refractivity contribution is 0.0662. The number of halogens is 1. The van der Waals surface area contributed by atoms with Crippen molar-refractivity contribution in [2.24, 2.45) is 0 Å². The van der Waals surface area contributed by atoms with Crippen LogP contribution in [0.25, 0.3) is 0 Å². The van der Waals surface area contributed by atoms with E-state index in [1.165, 1.54) is 24.3 Å². The molecule has 0 spiro atoms. The zero-order valence-electron chi connectivity index (χ0n) is 6.82. The monoisotopic (exact) mass is 211 g/mol. The van der Waals surface area contributed by atoms with Crippen molar-refractivity contribution in [3.05, 3.63) is 35.4 Å². The first-order chi connectivity index (χ1) is 6.63. The van der Waals surface area contributed by atoms with Crippen LogP contribution in [0.1, 0.15) is 15.9 Å². The first-order valence-corrected chi connectivity index (χ1v) is 3.91. The molecule has 1 rings (SSSR count). The quantitative estimate of drug-likeness (QED) is 0.424. The fraction of sp³-hybridized carbons (Fsp3) is 0. The Kier molecular flexibility index (Phi) is 3.36. The van der Waals surface area contributed by atoms with Gasteiger partial charge in [-0.25, -0.2) is 9.59 Å². The Morgan fingerprint density at radius 2 is 1.79 bits per heavy atom. The summed E-state index contributed by atoms with van der Waals surface area (Å²) in [7, 11) is 0. The van der Waals surface area contributed by atoms with Gasteiger partial charge < -0.3 is 4.74 Å². The van der Waals surface area contributed by atoms with Gasteiger partial charge in [0.05, 0.1) is 5.56 Å². The molecule has 0 amide bonds. The third kappa shape index (κ3) is 2.67. The summed E-state index contributed by atoms with van der Waals surface area (Å²) in [5.74, 6) is -0.859. The van der Waals surface area contributed by atoms with Gasteiger partial charge >= 0.3 is 11.4 Å². The van der Waals surface area contributed by atoms with Gasteiger partial charge in [0.25, 0.3) is 0 Å². The van der Waals surface area contributed by atoms with Gasteiger partial charge in [-0.1, -0.05) is 12.1 Å². The number of carbonyl (C=O) groups excluding carboxylic acids is 3. The van der Waals surface area contributed by atoms with Crippen LogP contribution < -0.4 is 0 Å². The van der Waals surface area contributed by atoms with Crippen LogP contribution in [0, 0.1) is 0 Å². The zero-order chi connectivity index (χ0) is 10.6. The maximum Gasteiger partial charge on any atom is 0.411 e. The molecule has 71 valence electrons. The third-order valence-electron chi connectivity index (χ3n) is 1.41. The van der Waals surface area contributed by atoms with Gasteiger partial charge in [0, 0.05) is 17.2 Å². The van der Waals surface area contributed by atoms with E-state index in [-0.39, 0.29) is 5.56 Å². The van der Waals surface area contributed by atoms with Crippen LogP contribution in [-0.2, 0) is 9.53 Å². The molecule has 4 nitrogen and oxygen atoms in total. The summed E-state index contributed by atoms with van der Waals surface area (Å²) in [6.45, 7) is 0. The van der Waals surface area contributed by atoms with Gasteiger partial charge in [0.1, 0.15) is 0 Å². The predicted octanol–water partition coefficient (Wildman–Crippen LogP) is 1.66. The smallest absolute Gasteiger partial charge is 0.377 e. The predicted molar refractivity (Wildman–Crippen MR) is 47.9 cm³/mol. The standard InChI is InChI=1S/C9H4ClO4/c10-9(13)14-8(12)7-3-1-6(5-11)2-4-7/h1-4H. The third-order valence-corrected chi connectivity index (χ3v) is 1.49. The van der Waals surface area contributed by atoms with Crippen molar-refractivity contribution in [2.45, 2.75) is 0 Å². The minimum Gasteiger partial charge on any atom is -0.377 e.